The first-order chi connectivity index (χ1) is 8.66. The predicted molar refractivity (Wildman–Crippen MR) is 75.4 cm³/mol. The van der Waals surface area contributed by atoms with Crippen molar-refractivity contribution in [2.45, 2.75) is 32.7 Å². The average Bonchev–Trinajstić information content (AvgIpc) is 2.37. The zero-order valence-electron chi connectivity index (χ0n) is 11.1. The van der Waals surface area contributed by atoms with Crippen molar-refractivity contribution in [2.24, 2.45) is 5.73 Å². The quantitative estimate of drug-likeness (QED) is 0.890. The molecule has 1 unspecified atom stereocenters. The smallest absolute Gasteiger partial charge is 0.0404 e. The van der Waals surface area contributed by atoms with Crippen molar-refractivity contribution in [1.29, 1.82) is 0 Å². The molecular weight excluding hydrogens is 220 g/mol. The van der Waals surface area contributed by atoms with Gasteiger partial charge >= 0.3 is 0 Å². The summed E-state index contributed by atoms with van der Waals surface area (Å²) in [5.74, 6) is 0. The molecule has 94 valence electrons. The van der Waals surface area contributed by atoms with E-state index in [0.29, 0.717) is 0 Å². The SMILES string of the molecule is Cc1ccc(C(N)CCc2ccccn2)c(C)c1. The Labute approximate surface area is 109 Å². The second-order valence-electron chi connectivity index (χ2n) is 4.83. The van der Waals surface area contributed by atoms with E-state index < -0.39 is 0 Å². The van der Waals surface area contributed by atoms with Gasteiger partial charge in [-0.25, -0.2) is 0 Å². The van der Waals surface area contributed by atoms with Crippen LogP contribution in [0.15, 0.2) is 42.6 Å². The maximum absolute atomic E-state index is 6.27. The lowest BCUT2D eigenvalue weighted by molar-refractivity contribution is 0.640. The van der Waals surface area contributed by atoms with Gasteiger partial charge in [0.25, 0.3) is 0 Å². The highest BCUT2D eigenvalue weighted by Crippen LogP contribution is 2.20. The maximum Gasteiger partial charge on any atom is 0.0404 e. The van der Waals surface area contributed by atoms with Gasteiger partial charge in [-0.15, -0.1) is 0 Å². The van der Waals surface area contributed by atoms with Crippen LogP contribution in [0.25, 0.3) is 0 Å². The molecule has 0 amide bonds. The maximum atomic E-state index is 6.27. The van der Waals surface area contributed by atoms with Crippen LogP contribution >= 0.6 is 0 Å². The monoisotopic (exact) mass is 240 g/mol. The Morgan fingerprint density at radius 3 is 2.67 bits per heavy atom. The van der Waals surface area contributed by atoms with Gasteiger partial charge in [0.1, 0.15) is 0 Å². The Bertz CT molecular complexity index is 506. The predicted octanol–water partition coefficient (Wildman–Crippen LogP) is 3.33. The van der Waals surface area contributed by atoms with Crippen molar-refractivity contribution in [3.8, 4) is 0 Å². The van der Waals surface area contributed by atoms with Gasteiger partial charge < -0.3 is 5.73 Å². The Hall–Kier alpha value is -1.67. The number of rotatable bonds is 4. The van der Waals surface area contributed by atoms with Crippen LogP contribution in [-0.2, 0) is 6.42 Å². The van der Waals surface area contributed by atoms with E-state index >= 15 is 0 Å². The first-order valence-corrected chi connectivity index (χ1v) is 6.39. The largest absolute Gasteiger partial charge is 0.324 e. The number of nitrogens with two attached hydrogens (primary N) is 1. The number of benzene rings is 1. The van der Waals surface area contributed by atoms with Crippen LogP contribution in [0.3, 0.4) is 0 Å². The summed E-state index contributed by atoms with van der Waals surface area (Å²) >= 11 is 0. The molecule has 0 fully saturated rings. The summed E-state index contributed by atoms with van der Waals surface area (Å²) in [5, 5.41) is 0. The first-order valence-electron chi connectivity index (χ1n) is 6.39. The average molecular weight is 240 g/mol. The summed E-state index contributed by atoms with van der Waals surface area (Å²) in [6, 6.07) is 12.6. The van der Waals surface area contributed by atoms with Gasteiger partial charge in [-0.3, -0.25) is 4.98 Å². The molecule has 1 aromatic heterocycles. The molecule has 1 heterocycles. The zero-order valence-corrected chi connectivity index (χ0v) is 11.1. The lowest BCUT2D eigenvalue weighted by Gasteiger charge is -2.15. The Balaban J connectivity index is 2.01. The van der Waals surface area contributed by atoms with E-state index in [2.05, 4.69) is 43.1 Å². The summed E-state index contributed by atoms with van der Waals surface area (Å²) in [4.78, 5) is 4.33. The summed E-state index contributed by atoms with van der Waals surface area (Å²) in [6.07, 6.45) is 3.69. The molecule has 18 heavy (non-hydrogen) atoms. The first kappa shape index (κ1) is 12.8. The molecule has 2 aromatic rings. The van der Waals surface area contributed by atoms with Crippen molar-refractivity contribution in [2.75, 3.05) is 0 Å². The number of hydrogen-bond donors (Lipinski definition) is 1. The highest BCUT2D eigenvalue weighted by molar-refractivity contribution is 5.32. The van der Waals surface area contributed by atoms with E-state index in [-0.39, 0.29) is 6.04 Å². The Morgan fingerprint density at radius 2 is 2.00 bits per heavy atom. The number of pyridine rings is 1. The second kappa shape index (κ2) is 5.78. The Kier molecular flexibility index (Phi) is 4.11. The molecule has 2 nitrogen and oxygen atoms in total. The molecule has 0 aliphatic heterocycles. The molecule has 0 saturated heterocycles. The second-order valence-corrected chi connectivity index (χ2v) is 4.83. The van der Waals surface area contributed by atoms with E-state index in [1.807, 2.05) is 18.3 Å². The summed E-state index contributed by atoms with van der Waals surface area (Å²) in [5.41, 5.74) is 11.2. The number of aromatic nitrogens is 1. The van der Waals surface area contributed by atoms with Gasteiger partial charge in [0.2, 0.25) is 0 Å². The van der Waals surface area contributed by atoms with Crippen LogP contribution in [0.5, 0.6) is 0 Å². The van der Waals surface area contributed by atoms with E-state index in [9.17, 15) is 0 Å². The van der Waals surface area contributed by atoms with Crippen LogP contribution in [0.2, 0.25) is 0 Å². The van der Waals surface area contributed by atoms with E-state index in [1.165, 1.54) is 16.7 Å². The normalized spacial score (nSPS) is 12.4. The minimum atomic E-state index is 0.0904. The van der Waals surface area contributed by atoms with Crippen LogP contribution in [0.1, 0.15) is 34.8 Å². The van der Waals surface area contributed by atoms with Crippen molar-refractivity contribution in [3.63, 3.8) is 0 Å². The van der Waals surface area contributed by atoms with Crippen molar-refractivity contribution in [3.05, 3.63) is 65.0 Å². The van der Waals surface area contributed by atoms with Crippen LogP contribution in [-0.4, -0.2) is 4.98 Å². The lowest BCUT2D eigenvalue weighted by Crippen LogP contribution is -2.13. The standard InChI is InChI=1S/C16H20N2/c1-12-6-8-15(13(2)11-12)16(17)9-7-14-5-3-4-10-18-14/h3-6,8,10-11,16H,7,9,17H2,1-2H3. The third-order valence-corrected chi connectivity index (χ3v) is 3.26. The molecule has 0 aliphatic carbocycles. The van der Waals surface area contributed by atoms with Crippen LogP contribution in [0, 0.1) is 13.8 Å². The van der Waals surface area contributed by atoms with Gasteiger partial charge in [0.15, 0.2) is 0 Å². The fourth-order valence-electron chi connectivity index (χ4n) is 2.25. The fraction of sp³-hybridized carbons (Fsp3) is 0.312. The number of aryl methyl sites for hydroxylation is 3. The van der Waals surface area contributed by atoms with Gasteiger partial charge in [-0.1, -0.05) is 29.8 Å². The molecule has 0 bridgehead atoms. The molecule has 0 aliphatic rings. The molecule has 2 rings (SSSR count). The lowest BCUT2D eigenvalue weighted by atomic mass is 9.96. The van der Waals surface area contributed by atoms with Crippen molar-refractivity contribution in [1.82, 2.24) is 4.98 Å². The molecular formula is C16H20N2. The van der Waals surface area contributed by atoms with Crippen molar-refractivity contribution >= 4 is 0 Å². The third-order valence-electron chi connectivity index (χ3n) is 3.26. The molecule has 1 atom stereocenters. The minimum Gasteiger partial charge on any atom is -0.324 e. The van der Waals surface area contributed by atoms with Crippen molar-refractivity contribution < 1.29 is 0 Å². The number of hydrogen-bond acceptors (Lipinski definition) is 2. The van der Waals surface area contributed by atoms with Gasteiger partial charge in [0.05, 0.1) is 0 Å². The van der Waals surface area contributed by atoms with Gasteiger partial charge in [-0.2, -0.15) is 0 Å². The van der Waals surface area contributed by atoms with E-state index in [4.69, 9.17) is 5.73 Å². The number of nitrogens with zero attached hydrogens (tertiary/aromatic N) is 1. The van der Waals surface area contributed by atoms with E-state index in [1.54, 1.807) is 0 Å². The molecule has 2 N–H and O–H groups in total. The van der Waals surface area contributed by atoms with E-state index in [0.717, 1.165) is 18.5 Å². The highest BCUT2D eigenvalue weighted by atomic mass is 14.7. The summed E-state index contributed by atoms with van der Waals surface area (Å²) in [6.45, 7) is 4.24. The molecule has 2 heteroatoms. The highest BCUT2D eigenvalue weighted by Gasteiger charge is 2.09. The van der Waals surface area contributed by atoms with Gasteiger partial charge in [-0.05, 0) is 49.9 Å². The Morgan fingerprint density at radius 1 is 1.17 bits per heavy atom. The molecule has 0 spiro atoms. The molecule has 0 radical (unpaired) electrons. The summed E-state index contributed by atoms with van der Waals surface area (Å²) in [7, 11) is 0. The zero-order chi connectivity index (χ0) is 13.0. The molecule has 0 saturated carbocycles. The fourth-order valence-corrected chi connectivity index (χ4v) is 2.25. The summed E-state index contributed by atoms with van der Waals surface area (Å²) < 4.78 is 0. The third kappa shape index (κ3) is 3.17. The minimum absolute atomic E-state index is 0.0904. The van der Waals surface area contributed by atoms with Crippen LogP contribution < -0.4 is 5.73 Å². The molecule has 1 aromatic carbocycles. The van der Waals surface area contributed by atoms with Gasteiger partial charge in [0, 0.05) is 17.9 Å². The van der Waals surface area contributed by atoms with Crippen LogP contribution in [0.4, 0.5) is 0 Å². The topological polar surface area (TPSA) is 38.9 Å².